The SMILES string of the molecule is CC(C)C(NCC(C)(O)c1cnn(C)c1)c1ccccc1Cl. The predicted molar refractivity (Wildman–Crippen MR) is 89.8 cm³/mol. The number of nitrogens with zero attached hydrogens (tertiary/aromatic N) is 2. The number of nitrogens with one attached hydrogen (secondary N) is 1. The van der Waals surface area contributed by atoms with Gasteiger partial charge in [-0.2, -0.15) is 5.10 Å². The van der Waals surface area contributed by atoms with Crippen LogP contribution in [0.2, 0.25) is 5.02 Å². The number of aromatic nitrogens is 2. The van der Waals surface area contributed by atoms with E-state index in [1.165, 1.54) is 0 Å². The normalized spacial score (nSPS) is 15.8. The summed E-state index contributed by atoms with van der Waals surface area (Å²) in [5.74, 6) is 0.351. The van der Waals surface area contributed by atoms with Crippen molar-refractivity contribution in [3.8, 4) is 0 Å². The van der Waals surface area contributed by atoms with Gasteiger partial charge in [-0.05, 0) is 24.5 Å². The Morgan fingerprint density at radius 1 is 1.36 bits per heavy atom. The standard InChI is InChI=1S/C17H24ClN3O/c1-12(2)16(14-7-5-6-8-15(14)18)19-11-17(3,22)13-9-20-21(4)10-13/h5-10,12,16,19,22H,11H2,1-4H3. The molecule has 4 nitrogen and oxygen atoms in total. The fourth-order valence-electron chi connectivity index (χ4n) is 2.54. The summed E-state index contributed by atoms with van der Waals surface area (Å²) >= 11 is 6.32. The number of hydrogen-bond acceptors (Lipinski definition) is 3. The summed E-state index contributed by atoms with van der Waals surface area (Å²) in [6.07, 6.45) is 3.53. The Hall–Kier alpha value is -1.36. The zero-order valence-corrected chi connectivity index (χ0v) is 14.3. The summed E-state index contributed by atoms with van der Waals surface area (Å²) in [6, 6.07) is 7.91. The molecule has 0 saturated heterocycles. The minimum absolute atomic E-state index is 0.0804. The minimum atomic E-state index is -0.983. The molecule has 0 aliphatic heterocycles. The topological polar surface area (TPSA) is 50.1 Å². The third-order valence-electron chi connectivity index (χ3n) is 3.90. The first-order chi connectivity index (χ1) is 10.3. The van der Waals surface area contributed by atoms with Crippen LogP contribution in [0.25, 0.3) is 0 Å². The van der Waals surface area contributed by atoms with E-state index in [4.69, 9.17) is 11.6 Å². The van der Waals surface area contributed by atoms with Gasteiger partial charge in [-0.15, -0.1) is 0 Å². The quantitative estimate of drug-likeness (QED) is 0.858. The maximum atomic E-state index is 10.7. The van der Waals surface area contributed by atoms with Crippen LogP contribution in [-0.2, 0) is 12.6 Å². The van der Waals surface area contributed by atoms with E-state index in [1.807, 2.05) is 37.5 Å². The third kappa shape index (κ3) is 3.88. The number of hydrogen-bond donors (Lipinski definition) is 2. The molecule has 2 unspecified atom stereocenters. The molecule has 0 bridgehead atoms. The summed E-state index contributed by atoms with van der Waals surface area (Å²) in [7, 11) is 1.84. The van der Waals surface area contributed by atoms with Gasteiger partial charge in [0.05, 0.1) is 6.20 Å². The van der Waals surface area contributed by atoms with E-state index in [0.717, 1.165) is 16.1 Å². The van der Waals surface area contributed by atoms with Gasteiger partial charge in [-0.25, -0.2) is 0 Å². The summed E-state index contributed by atoms with van der Waals surface area (Å²) in [4.78, 5) is 0. The lowest BCUT2D eigenvalue weighted by atomic mass is 9.93. The first-order valence-electron chi connectivity index (χ1n) is 7.50. The molecule has 0 spiro atoms. The van der Waals surface area contributed by atoms with E-state index in [-0.39, 0.29) is 6.04 Å². The van der Waals surface area contributed by atoms with Gasteiger partial charge in [-0.1, -0.05) is 43.6 Å². The molecule has 0 amide bonds. The first kappa shape index (κ1) is 17.0. The Balaban J connectivity index is 2.14. The Labute approximate surface area is 137 Å². The third-order valence-corrected chi connectivity index (χ3v) is 4.24. The van der Waals surface area contributed by atoms with Gasteiger partial charge in [0, 0.05) is 36.4 Å². The van der Waals surface area contributed by atoms with Crippen molar-refractivity contribution >= 4 is 11.6 Å². The van der Waals surface area contributed by atoms with Crippen LogP contribution in [0.5, 0.6) is 0 Å². The Kier molecular flexibility index (Phi) is 5.27. The molecule has 0 aliphatic carbocycles. The van der Waals surface area contributed by atoms with E-state index in [2.05, 4.69) is 24.3 Å². The maximum absolute atomic E-state index is 10.7. The van der Waals surface area contributed by atoms with Crippen LogP contribution in [-0.4, -0.2) is 21.4 Å². The number of halogens is 1. The lowest BCUT2D eigenvalue weighted by Gasteiger charge is -2.29. The fourth-order valence-corrected chi connectivity index (χ4v) is 2.80. The molecule has 1 heterocycles. The second kappa shape index (κ2) is 6.82. The summed E-state index contributed by atoms with van der Waals surface area (Å²) in [5.41, 5.74) is 0.869. The van der Waals surface area contributed by atoms with Crippen molar-refractivity contribution in [1.82, 2.24) is 15.1 Å². The van der Waals surface area contributed by atoms with E-state index < -0.39 is 5.60 Å². The van der Waals surface area contributed by atoms with Gasteiger partial charge in [0.2, 0.25) is 0 Å². The number of aryl methyl sites for hydroxylation is 1. The molecular formula is C17H24ClN3O. The lowest BCUT2D eigenvalue weighted by Crippen LogP contribution is -2.38. The van der Waals surface area contributed by atoms with Crippen molar-refractivity contribution in [2.45, 2.75) is 32.4 Å². The van der Waals surface area contributed by atoms with Crippen molar-refractivity contribution < 1.29 is 5.11 Å². The second-order valence-corrected chi connectivity index (χ2v) is 6.71. The van der Waals surface area contributed by atoms with Crippen LogP contribution in [0.3, 0.4) is 0 Å². The smallest absolute Gasteiger partial charge is 0.102 e. The molecule has 120 valence electrons. The predicted octanol–water partition coefficient (Wildman–Crippen LogP) is 3.27. The zero-order valence-electron chi connectivity index (χ0n) is 13.5. The largest absolute Gasteiger partial charge is 0.384 e. The molecule has 0 radical (unpaired) electrons. The molecule has 0 saturated carbocycles. The van der Waals surface area contributed by atoms with Crippen molar-refractivity contribution in [3.05, 3.63) is 52.8 Å². The fraction of sp³-hybridized carbons (Fsp3) is 0.471. The van der Waals surface area contributed by atoms with Crippen LogP contribution in [0.1, 0.15) is 37.9 Å². The van der Waals surface area contributed by atoms with Crippen LogP contribution >= 0.6 is 11.6 Å². The highest BCUT2D eigenvalue weighted by Gasteiger charge is 2.27. The van der Waals surface area contributed by atoms with E-state index in [1.54, 1.807) is 17.8 Å². The van der Waals surface area contributed by atoms with Gasteiger partial charge in [-0.3, -0.25) is 4.68 Å². The van der Waals surface area contributed by atoms with Gasteiger partial charge in [0.25, 0.3) is 0 Å². The summed E-state index contributed by atoms with van der Waals surface area (Å²) in [5, 5.41) is 19.0. The molecule has 2 rings (SSSR count). The Morgan fingerprint density at radius 2 is 2.05 bits per heavy atom. The molecule has 0 fully saturated rings. The number of benzene rings is 1. The van der Waals surface area contributed by atoms with Crippen molar-refractivity contribution in [2.75, 3.05) is 6.54 Å². The molecular weight excluding hydrogens is 298 g/mol. The highest BCUT2D eigenvalue weighted by molar-refractivity contribution is 6.31. The van der Waals surface area contributed by atoms with Gasteiger partial charge in [0.15, 0.2) is 0 Å². The number of aliphatic hydroxyl groups is 1. The van der Waals surface area contributed by atoms with Crippen LogP contribution in [0.4, 0.5) is 0 Å². The van der Waals surface area contributed by atoms with Crippen molar-refractivity contribution in [1.29, 1.82) is 0 Å². The lowest BCUT2D eigenvalue weighted by molar-refractivity contribution is 0.0518. The van der Waals surface area contributed by atoms with E-state index >= 15 is 0 Å². The Bertz CT molecular complexity index is 622. The van der Waals surface area contributed by atoms with E-state index in [0.29, 0.717) is 12.5 Å². The summed E-state index contributed by atoms with van der Waals surface area (Å²) < 4.78 is 1.69. The second-order valence-electron chi connectivity index (χ2n) is 6.30. The van der Waals surface area contributed by atoms with Crippen molar-refractivity contribution in [3.63, 3.8) is 0 Å². The molecule has 1 aromatic heterocycles. The molecule has 2 N–H and O–H groups in total. The minimum Gasteiger partial charge on any atom is -0.384 e. The van der Waals surface area contributed by atoms with Gasteiger partial charge >= 0.3 is 0 Å². The van der Waals surface area contributed by atoms with Crippen LogP contribution in [0, 0.1) is 5.92 Å². The molecule has 0 aliphatic rings. The first-order valence-corrected chi connectivity index (χ1v) is 7.88. The Morgan fingerprint density at radius 3 is 2.59 bits per heavy atom. The highest BCUT2D eigenvalue weighted by Crippen LogP contribution is 2.29. The average Bonchev–Trinajstić information content (AvgIpc) is 2.88. The van der Waals surface area contributed by atoms with Crippen LogP contribution < -0.4 is 5.32 Å². The summed E-state index contributed by atoms with van der Waals surface area (Å²) in [6.45, 7) is 6.49. The molecule has 1 aromatic carbocycles. The van der Waals surface area contributed by atoms with Crippen molar-refractivity contribution in [2.24, 2.45) is 13.0 Å². The van der Waals surface area contributed by atoms with E-state index in [9.17, 15) is 5.11 Å². The number of rotatable bonds is 6. The zero-order chi connectivity index (χ0) is 16.3. The van der Waals surface area contributed by atoms with Crippen LogP contribution in [0.15, 0.2) is 36.7 Å². The van der Waals surface area contributed by atoms with Gasteiger partial charge < -0.3 is 10.4 Å². The maximum Gasteiger partial charge on any atom is 0.102 e. The molecule has 2 aromatic rings. The average molecular weight is 322 g/mol. The highest BCUT2D eigenvalue weighted by atomic mass is 35.5. The molecule has 5 heteroatoms. The van der Waals surface area contributed by atoms with Gasteiger partial charge in [0.1, 0.15) is 5.60 Å². The monoisotopic (exact) mass is 321 g/mol. The molecule has 22 heavy (non-hydrogen) atoms. The molecule has 2 atom stereocenters.